The molecule has 0 saturated carbocycles. The molecule has 2 aromatic carbocycles. The Morgan fingerprint density at radius 2 is 1.78 bits per heavy atom. The molecule has 2 N–H and O–H groups in total. The van der Waals surface area contributed by atoms with Crippen molar-refractivity contribution in [2.45, 2.75) is 6.92 Å². The molecule has 1 fully saturated rings. The summed E-state index contributed by atoms with van der Waals surface area (Å²) in [4.78, 5) is 17.0. The fourth-order valence-corrected chi connectivity index (χ4v) is 3.23. The third-order valence-corrected chi connectivity index (χ3v) is 4.81. The minimum absolute atomic E-state index is 0. The van der Waals surface area contributed by atoms with Crippen LogP contribution in [0.4, 0.5) is 11.4 Å². The standard InChI is InChI=1S/C19H22ClN3O2.2ClH/c1-13-4-3-5-14(10-13)22-6-8-23(9-7-22)19(24)15-11-16(20)17(21)12-18(15)25-2;;/h3-5,10-12H,6-9,21H2,1-2H3;2*1H. The van der Waals surface area contributed by atoms with E-state index in [1.807, 2.05) is 4.90 Å². The van der Waals surface area contributed by atoms with Crippen LogP contribution in [-0.2, 0) is 0 Å². The fraction of sp³-hybridized carbons (Fsp3) is 0.316. The molecule has 27 heavy (non-hydrogen) atoms. The van der Waals surface area contributed by atoms with Crippen molar-refractivity contribution in [3.8, 4) is 5.75 Å². The maximum atomic E-state index is 12.9. The van der Waals surface area contributed by atoms with E-state index in [9.17, 15) is 4.79 Å². The summed E-state index contributed by atoms with van der Waals surface area (Å²) in [5.74, 6) is 0.371. The number of methoxy groups -OCH3 is 1. The molecule has 1 heterocycles. The van der Waals surface area contributed by atoms with Gasteiger partial charge in [-0.2, -0.15) is 0 Å². The molecule has 1 amide bonds. The second-order valence-corrected chi connectivity index (χ2v) is 6.60. The van der Waals surface area contributed by atoms with Crippen LogP contribution in [0.2, 0.25) is 5.02 Å². The number of aryl methyl sites for hydroxylation is 1. The molecule has 3 rings (SSSR count). The van der Waals surface area contributed by atoms with E-state index < -0.39 is 0 Å². The molecule has 148 valence electrons. The number of benzene rings is 2. The summed E-state index contributed by atoms with van der Waals surface area (Å²) in [5, 5.41) is 0.363. The highest BCUT2D eigenvalue weighted by Gasteiger charge is 2.25. The molecule has 0 aromatic heterocycles. The van der Waals surface area contributed by atoms with Gasteiger partial charge in [-0.1, -0.05) is 23.7 Å². The van der Waals surface area contributed by atoms with Crippen LogP contribution in [-0.4, -0.2) is 44.1 Å². The van der Waals surface area contributed by atoms with Gasteiger partial charge in [-0.15, -0.1) is 24.8 Å². The van der Waals surface area contributed by atoms with Crippen LogP contribution in [0.5, 0.6) is 5.75 Å². The van der Waals surface area contributed by atoms with E-state index in [1.54, 1.807) is 12.1 Å². The van der Waals surface area contributed by atoms with Crippen molar-refractivity contribution in [3.63, 3.8) is 0 Å². The smallest absolute Gasteiger partial charge is 0.257 e. The Morgan fingerprint density at radius 1 is 1.11 bits per heavy atom. The highest BCUT2D eigenvalue weighted by molar-refractivity contribution is 6.33. The van der Waals surface area contributed by atoms with Gasteiger partial charge in [0.2, 0.25) is 0 Å². The van der Waals surface area contributed by atoms with Crippen molar-refractivity contribution in [1.82, 2.24) is 4.90 Å². The van der Waals surface area contributed by atoms with Crippen molar-refractivity contribution in [2.24, 2.45) is 0 Å². The minimum Gasteiger partial charge on any atom is -0.496 e. The first-order chi connectivity index (χ1) is 12.0. The van der Waals surface area contributed by atoms with Gasteiger partial charge in [-0.3, -0.25) is 4.79 Å². The molecule has 0 unspecified atom stereocenters. The molecule has 0 radical (unpaired) electrons. The topological polar surface area (TPSA) is 58.8 Å². The monoisotopic (exact) mass is 431 g/mol. The fourth-order valence-electron chi connectivity index (χ4n) is 3.07. The van der Waals surface area contributed by atoms with Gasteiger partial charge in [0.15, 0.2) is 0 Å². The van der Waals surface area contributed by atoms with Crippen molar-refractivity contribution in [1.29, 1.82) is 0 Å². The predicted molar refractivity (Wildman–Crippen MR) is 116 cm³/mol. The number of nitrogens with zero attached hydrogens (tertiary/aromatic N) is 2. The molecule has 5 nitrogen and oxygen atoms in total. The van der Waals surface area contributed by atoms with Crippen LogP contribution in [0.15, 0.2) is 36.4 Å². The van der Waals surface area contributed by atoms with Crippen molar-refractivity contribution in [3.05, 3.63) is 52.5 Å². The number of carbonyl (C=O) groups excluding carboxylic acids is 1. The van der Waals surface area contributed by atoms with Gasteiger partial charge in [0.1, 0.15) is 5.75 Å². The van der Waals surface area contributed by atoms with E-state index in [0.29, 0.717) is 35.1 Å². The van der Waals surface area contributed by atoms with Crippen LogP contribution in [0.25, 0.3) is 0 Å². The molecule has 0 aliphatic carbocycles. The Bertz CT molecular complexity index is 794. The lowest BCUT2D eigenvalue weighted by molar-refractivity contribution is 0.0743. The lowest BCUT2D eigenvalue weighted by atomic mass is 10.1. The molecular weight excluding hydrogens is 409 g/mol. The van der Waals surface area contributed by atoms with E-state index in [4.69, 9.17) is 22.1 Å². The molecule has 1 aliphatic rings. The van der Waals surface area contributed by atoms with Crippen molar-refractivity contribution >= 4 is 53.7 Å². The SMILES string of the molecule is COc1cc(N)c(Cl)cc1C(=O)N1CCN(c2cccc(C)c2)CC1.Cl.Cl. The molecular formula is C19H24Cl3N3O2. The number of halogens is 3. The number of hydrogen-bond acceptors (Lipinski definition) is 4. The van der Waals surface area contributed by atoms with E-state index >= 15 is 0 Å². The maximum Gasteiger partial charge on any atom is 0.257 e. The summed E-state index contributed by atoms with van der Waals surface area (Å²) in [5.41, 5.74) is 9.08. The van der Waals surface area contributed by atoms with Crippen LogP contribution in [0.3, 0.4) is 0 Å². The second-order valence-electron chi connectivity index (χ2n) is 6.19. The molecule has 0 atom stereocenters. The number of ether oxygens (including phenoxy) is 1. The number of rotatable bonds is 3. The van der Waals surface area contributed by atoms with Gasteiger partial charge in [0.25, 0.3) is 5.91 Å². The van der Waals surface area contributed by atoms with Gasteiger partial charge in [0.05, 0.1) is 23.4 Å². The van der Waals surface area contributed by atoms with Crippen LogP contribution >= 0.6 is 36.4 Å². The highest BCUT2D eigenvalue weighted by atomic mass is 35.5. The summed E-state index contributed by atoms with van der Waals surface area (Å²) in [6.45, 7) is 4.97. The Morgan fingerprint density at radius 3 is 2.37 bits per heavy atom. The third kappa shape index (κ3) is 5.12. The minimum atomic E-state index is -0.0809. The third-order valence-electron chi connectivity index (χ3n) is 4.48. The maximum absolute atomic E-state index is 12.9. The summed E-state index contributed by atoms with van der Waals surface area (Å²) in [6, 6.07) is 11.6. The number of anilines is 2. The predicted octanol–water partition coefficient (Wildman–Crippen LogP) is 4.05. The van der Waals surface area contributed by atoms with E-state index in [-0.39, 0.29) is 30.7 Å². The Balaban J connectivity index is 0.00000182. The van der Waals surface area contributed by atoms with Gasteiger partial charge < -0.3 is 20.3 Å². The normalized spacial score (nSPS) is 13.4. The molecule has 1 aliphatic heterocycles. The zero-order valence-corrected chi connectivity index (χ0v) is 17.7. The van der Waals surface area contributed by atoms with Gasteiger partial charge in [-0.05, 0) is 30.7 Å². The number of hydrogen-bond donors (Lipinski definition) is 1. The van der Waals surface area contributed by atoms with E-state index in [1.165, 1.54) is 18.4 Å². The largest absolute Gasteiger partial charge is 0.496 e. The summed E-state index contributed by atoms with van der Waals surface area (Å²) >= 11 is 6.08. The van der Waals surface area contributed by atoms with Gasteiger partial charge >= 0.3 is 0 Å². The zero-order chi connectivity index (χ0) is 18.0. The van der Waals surface area contributed by atoms with Gasteiger partial charge in [0, 0.05) is 37.9 Å². The van der Waals surface area contributed by atoms with Crippen LogP contribution in [0, 0.1) is 6.92 Å². The quantitative estimate of drug-likeness (QED) is 0.744. The first-order valence-electron chi connectivity index (χ1n) is 8.23. The van der Waals surface area contributed by atoms with Crippen LogP contribution < -0.4 is 15.4 Å². The number of amides is 1. The Labute approximate surface area is 177 Å². The number of nitrogens with two attached hydrogens (primary N) is 1. The lowest BCUT2D eigenvalue weighted by Crippen LogP contribution is -2.48. The average Bonchev–Trinajstić information content (AvgIpc) is 2.63. The molecule has 2 aromatic rings. The first-order valence-corrected chi connectivity index (χ1v) is 8.61. The van der Waals surface area contributed by atoms with Crippen molar-refractivity contribution in [2.75, 3.05) is 43.9 Å². The number of carbonyl (C=O) groups is 1. The lowest BCUT2D eigenvalue weighted by Gasteiger charge is -2.36. The summed E-state index contributed by atoms with van der Waals surface area (Å²) < 4.78 is 5.30. The van der Waals surface area contributed by atoms with E-state index in [2.05, 4.69) is 36.1 Å². The second kappa shape index (κ2) is 9.93. The Kier molecular flexibility index (Phi) is 8.54. The number of piperazine rings is 1. The van der Waals surface area contributed by atoms with E-state index in [0.717, 1.165) is 13.1 Å². The highest BCUT2D eigenvalue weighted by Crippen LogP contribution is 2.30. The molecule has 0 spiro atoms. The number of nitrogen functional groups attached to an aromatic ring is 1. The first kappa shape index (κ1) is 23.2. The van der Waals surface area contributed by atoms with Crippen molar-refractivity contribution < 1.29 is 9.53 Å². The Hall–Kier alpha value is -1.82. The summed E-state index contributed by atoms with van der Waals surface area (Å²) in [6.07, 6.45) is 0. The zero-order valence-electron chi connectivity index (χ0n) is 15.3. The molecule has 1 saturated heterocycles. The molecule has 0 bridgehead atoms. The average molecular weight is 433 g/mol. The van der Waals surface area contributed by atoms with Crippen LogP contribution in [0.1, 0.15) is 15.9 Å². The van der Waals surface area contributed by atoms with Gasteiger partial charge in [-0.25, -0.2) is 0 Å². The molecule has 8 heteroatoms. The summed E-state index contributed by atoms with van der Waals surface area (Å²) in [7, 11) is 1.52.